The summed E-state index contributed by atoms with van der Waals surface area (Å²) in [6, 6.07) is 7.98. The van der Waals surface area contributed by atoms with Crippen LogP contribution in [0.4, 0.5) is 0 Å². The van der Waals surface area contributed by atoms with Gasteiger partial charge >= 0.3 is 0 Å². The molecule has 0 saturated heterocycles. The largest absolute Gasteiger partial charge is 0.486 e. The molecule has 0 aliphatic rings. The zero-order valence-corrected chi connectivity index (χ0v) is 13.0. The van der Waals surface area contributed by atoms with E-state index in [9.17, 15) is 4.79 Å². The van der Waals surface area contributed by atoms with Crippen molar-refractivity contribution >= 4 is 17.2 Å². The molecule has 5 nitrogen and oxygen atoms in total. The van der Waals surface area contributed by atoms with Gasteiger partial charge < -0.3 is 4.74 Å². The quantitative estimate of drug-likeness (QED) is 0.488. The highest BCUT2D eigenvalue weighted by Gasteiger charge is 2.16. The fraction of sp³-hybridized carbons (Fsp3) is 0.333. The lowest BCUT2D eigenvalue weighted by Gasteiger charge is -2.04. The first-order valence-electron chi connectivity index (χ1n) is 6.89. The lowest BCUT2D eigenvalue weighted by atomic mass is 10.2. The molecule has 3 N–H and O–H groups in total. The molecule has 0 spiro atoms. The number of benzene rings is 1. The predicted octanol–water partition coefficient (Wildman–Crippen LogP) is 2.45. The number of nitrogen functional groups attached to an aromatic ring is 1. The average molecular weight is 305 g/mol. The van der Waals surface area contributed by atoms with Crippen LogP contribution in [-0.4, -0.2) is 10.9 Å². The zero-order chi connectivity index (χ0) is 15.2. The number of aryl methyl sites for hydroxylation is 2. The summed E-state index contributed by atoms with van der Waals surface area (Å²) in [5.41, 5.74) is 4.17. The number of nitrogens with two attached hydrogens (primary N) is 1. The van der Waals surface area contributed by atoms with Crippen molar-refractivity contribution in [3.8, 4) is 5.75 Å². The Morgan fingerprint density at radius 1 is 1.29 bits per heavy atom. The Hall–Kier alpha value is -1.92. The number of aromatic nitrogens is 1. The summed E-state index contributed by atoms with van der Waals surface area (Å²) in [6.07, 6.45) is 1.69. The van der Waals surface area contributed by atoms with E-state index in [-0.39, 0.29) is 5.91 Å². The Balaban J connectivity index is 2.05. The molecule has 6 heteroatoms. The van der Waals surface area contributed by atoms with Crippen LogP contribution in [0.1, 0.15) is 39.8 Å². The minimum atomic E-state index is -0.303. The molecule has 0 radical (unpaired) electrons. The molecular weight excluding hydrogens is 286 g/mol. The van der Waals surface area contributed by atoms with Gasteiger partial charge in [0.15, 0.2) is 0 Å². The van der Waals surface area contributed by atoms with Crippen molar-refractivity contribution in [3.63, 3.8) is 0 Å². The number of thiazole rings is 1. The van der Waals surface area contributed by atoms with Crippen LogP contribution >= 0.6 is 11.3 Å². The Bertz CT molecular complexity index is 608. The molecule has 2 aromatic rings. The van der Waals surface area contributed by atoms with E-state index < -0.39 is 0 Å². The van der Waals surface area contributed by atoms with Crippen LogP contribution in [0.3, 0.4) is 0 Å². The third kappa shape index (κ3) is 3.80. The number of carbonyl (C=O) groups is 1. The van der Waals surface area contributed by atoms with Crippen LogP contribution in [0.25, 0.3) is 0 Å². The van der Waals surface area contributed by atoms with Crippen LogP contribution in [-0.2, 0) is 19.4 Å². The normalized spacial score (nSPS) is 10.4. The molecule has 0 saturated carbocycles. The van der Waals surface area contributed by atoms with Crippen molar-refractivity contribution in [1.29, 1.82) is 0 Å². The molecule has 0 bridgehead atoms. The van der Waals surface area contributed by atoms with Crippen molar-refractivity contribution in [2.24, 2.45) is 5.84 Å². The van der Waals surface area contributed by atoms with Crippen LogP contribution in [0.15, 0.2) is 24.3 Å². The van der Waals surface area contributed by atoms with Gasteiger partial charge in [0.2, 0.25) is 0 Å². The van der Waals surface area contributed by atoms with Gasteiger partial charge in [-0.25, -0.2) is 10.8 Å². The smallest absolute Gasteiger partial charge is 0.277 e. The summed E-state index contributed by atoms with van der Waals surface area (Å²) in [4.78, 5) is 16.6. The monoisotopic (exact) mass is 305 g/mol. The van der Waals surface area contributed by atoms with Crippen LogP contribution < -0.4 is 16.0 Å². The van der Waals surface area contributed by atoms with Gasteiger partial charge in [-0.15, -0.1) is 11.3 Å². The van der Waals surface area contributed by atoms with E-state index in [4.69, 9.17) is 10.6 Å². The molecule has 0 aliphatic heterocycles. The second-order valence-corrected chi connectivity index (χ2v) is 5.58. The molecule has 0 atom stereocenters. The number of carbonyl (C=O) groups excluding carboxylic acids is 1. The number of hydrogen-bond donors (Lipinski definition) is 2. The lowest BCUT2D eigenvalue weighted by molar-refractivity contribution is 0.0956. The number of nitrogens with zero attached hydrogens (tertiary/aromatic N) is 1. The minimum Gasteiger partial charge on any atom is -0.486 e. The highest BCUT2D eigenvalue weighted by molar-refractivity contribution is 7.13. The summed E-state index contributed by atoms with van der Waals surface area (Å²) in [6.45, 7) is 4.42. The molecule has 1 amide bonds. The van der Waals surface area contributed by atoms with E-state index in [1.54, 1.807) is 0 Å². The summed E-state index contributed by atoms with van der Waals surface area (Å²) in [5.74, 6) is 5.67. The van der Waals surface area contributed by atoms with Gasteiger partial charge in [0.05, 0.1) is 5.69 Å². The first kappa shape index (κ1) is 15.5. The average Bonchev–Trinajstić information content (AvgIpc) is 2.96. The number of ether oxygens (including phenoxy) is 1. The van der Waals surface area contributed by atoms with Crippen LogP contribution in [0, 0.1) is 0 Å². The first-order valence-corrected chi connectivity index (χ1v) is 7.70. The second-order valence-electron chi connectivity index (χ2n) is 4.50. The summed E-state index contributed by atoms with van der Waals surface area (Å²) >= 11 is 1.32. The molecule has 2 rings (SSSR count). The van der Waals surface area contributed by atoms with Crippen LogP contribution in [0.2, 0.25) is 0 Å². The highest BCUT2D eigenvalue weighted by atomic mass is 32.1. The van der Waals surface area contributed by atoms with E-state index in [1.165, 1.54) is 16.9 Å². The number of amides is 1. The van der Waals surface area contributed by atoms with E-state index in [0.29, 0.717) is 17.9 Å². The summed E-state index contributed by atoms with van der Waals surface area (Å²) in [5, 5.41) is 0.769. The predicted molar refractivity (Wildman–Crippen MR) is 83.3 cm³/mol. The number of hydrogen-bond acceptors (Lipinski definition) is 5. The van der Waals surface area contributed by atoms with Crippen molar-refractivity contribution in [3.05, 3.63) is 45.4 Å². The molecule has 0 aliphatic carbocycles. The summed E-state index contributed by atoms with van der Waals surface area (Å²) < 4.78 is 5.70. The topological polar surface area (TPSA) is 77.2 Å². The standard InChI is InChI=1S/C15H19N3O2S/c1-3-10-5-7-11(8-6-10)20-9-13-17-12(4-2)14(21-13)15(19)18-16/h5-8H,3-4,9,16H2,1-2H3,(H,18,19). The number of hydrazine groups is 1. The fourth-order valence-corrected chi connectivity index (χ4v) is 2.88. The lowest BCUT2D eigenvalue weighted by Crippen LogP contribution is -2.30. The molecule has 112 valence electrons. The summed E-state index contributed by atoms with van der Waals surface area (Å²) in [7, 11) is 0. The maximum Gasteiger partial charge on any atom is 0.277 e. The number of rotatable bonds is 6. The molecular formula is C15H19N3O2S. The van der Waals surface area contributed by atoms with Crippen molar-refractivity contribution in [1.82, 2.24) is 10.4 Å². The van der Waals surface area contributed by atoms with Gasteiger partial charge in [-0.1, -0.05) is 26.0 Å². The third-order valence-corrected chi connectivity index (χ3v) is 4.18. The minimum absolute atomic E-state index is 0.303. The SMILES string of the molecule is CCc1ccc(OCc2nc(CC)c(C(=O)NN)s2)cc1. The Kier molecular flexibility index (Phi) is 5.30. The van der Waals surface area contributed by atoms with Crippen molar-refractivity contribution in [2.75, 3.05) is 0 Å². The van der Waals surface area contributed by atoms with Crippen molar-refractivity contribution < 1.29 is 9.53 Å². The van der Waals surface area contributed by atoms with E-state index >= 15 is 0 Å². The molecule has 21 heavy (non-hydrogen) atoms. The fourth-order valence-electron chi connectivity index (χ4n) is 1.91. The Morgan fingerprint density at radius 2 is 2.00 bits per heavy atom. The van der Waals surface area contributed by atoms with E-state index in [1.807, 2.05) is 31.2 Å². The molecule has 0 fully saturated rings. The van der Waals surface area contributed by atoms with Gasteiger partial charge in [0.25, 0.3) is 5.91 Å². The molecule has 1 heterocycles. The van der Waals surface area contributed by atoms with Gasteiger partial charge in [0.1, 0.15) is 22.2 Å². The van der Waals surface area contributed by atoms with Crippen LogP contribution in [0.5, 0.6) is 5.75 Å². The molecule has 0 unspecified atom stereocenters. The van der Waals surface area contributed by atoms with Gasteiger partial charge in [-0.3, -0.25) is 10.2 Å². The first-order chi connectivity index (χ1) is 10.2. The van der Waals surface area contributed by atoms with E-state index in [2.05, 4.69) is 17.3 Å². The molecule has 1 aromatic heterocycles. The van der Waals surface area contributed by atoms with Gasteiger partial charge in [-0.05, 0) is 30.5 Å². The maximum atomic E-state index is 11.6. The van der Waals surface area contributed by atoms with Gasteiger partial charge in [0, 0.05) is 0 Å². The van der Waals surface area contributed by atoms with Gasteiger partial charge in [-0.2, -0.15) is 0 Å². The Morgan fingerprint density at radius 3 is 2.57 bits per heavy atom. The Labute approximate surface area is 128 Å². The zero-order valence-electron chi connectivity index (χ0n) is 12.2. The maximum absolute atomic E-state index is 11.6. The highest BCUT2D eigenvalue weighted by Crippen LogP contribution is 2.21. The number of nitrogens with one attached hydrogen (secondary N) is 1. The van der Waals surface area contributed by atoms with Crippen molar-refractivity contribution in [2.45, 2.75) is 33.3 Å². The third-order valence-electron chi connectivity index (χ3n) is 3.11. The second kappa shape index (κ2) is 7.19. The van der Waals surface area contributed by atoms with E-state index in [0.717, 1.165) is 22.9 Å². The molecule has 1 aromatic carbocycles.